The summed E-state index contributed by atoms with van der Waals surface area (Å²) >= 11 is 1.51. The summed E-state index contributed by atoms with van der Waals surface area (Å²) in [6.07, 6.45) is 3.51. The minimum atomic E-state index is -0.321. The number of carbonyl (C=O) groups excluding carboxylic acids is 1. The third-order valence-corrected chi connectivity index (χ3v) is 5.31. The highest BCUT2D eigenvalue weighted by Crippen LogP contribution is 2.24. The van der Waals surface area contributed by atoms with Crippen molar-refractivity contribution in [3.8, 4) is 11.4 Å². The largest absolute Gasteiger partial charge is 0.461 e. The van der Waals surface area contributed by atoms with Gasteiger partial charge in [-0.2, -0.15) is 0 Å². The minimum absolute atomic E-state index is 0.290. The van der Waals surface area contributed by atoms with Crippen LogP contribution in [-0.2, 0) is 11.3 Å². The first-order valence-corrected chi connectivity index (χ1v) is 10.5. The normalized spacial score (nSPS) is 10.7. The Labute approximate surface area is 179 Å². The number of nitrogens with zero attached hydrogens (tertiary/aromatic N) is 4. The molecule has 2 heterocycles. The molecule has 6 nitrogen and oxygen atoms in total. The van der Waals surface area contributed by atoms with Crippen LogP contribution in [0.15, 0.2) is 90.3 Å². The molecule has 0 aliphatic rings. The molecule has 0 unspecified atom stereocenters. The maximum Gasteiger partial charge on any atom is 0.338 e. The molecule has 2 aromatic carbocycles. The zero-order valence-corrected chi connectivity index (χ0v) is 17.0. The Morgan fingerprint density at radius 1 is 0.933 bits per heavy atom. The fraction of sp³-hybridized carbons (Fsp3) is 0.130. The van der Waals surface area contributed by atoms with Crippen LogP contribution in [0.25, 0.3) is 11.4 Å². The van der Waals surface area contributed by atoms with Crippen molar-refractivity contribution in [2.45, 2.75) is 11.7 Å². The van der Waals surface area contributed by atoms with Gasteiger partial charge in [0.2, 0.25) is 0 Å². The second kappa shape index (κ2) is 9.84. The van der Waals surface area contributed by atoms with Crippen molar-refractivity contribution in [2.24, 2.45) is 0 Å². The number of benzene rings is 2. The average Bonchev–Trinajstić information content (AvgIpc) is 3.20. The van der Waals surface area contributed by atoms with E-state index in [2.05, 4.69) is 31.9 Å². The first-order chi connectivity index (χ1) is 14.8. The van der Waals surface area contributed by atoms with Crippen LogP contribution in [-0.4, -0.2) is 38.1 Å². The van der Waals surface area contributed by atoms with E-state index >= 15 is 0 Å². The lowest BCUT2D eigenvalue weighted by Gasteiger charge is -2.10. The molecule has 7 heteroatoms. The van der Waals surface area contributed by atoms with Gasteiger partial charge in [-0.3, -0.25) is 9.55 Å². The fourth-order valence-corrected chi connectivity index (χ4v) is 3.69. The van der Waals surface area contributed by atoms with Crippen LogP contribution in [0.4, 0.5) is 0 Å². The SMILES string of the molecule is O=C(OCCSc1nnc(-c2cccnc2)n1Cc1ccccc1)c1ccccc1. The highest BCUT2D eigenvalue weighted by molar-refractivity contribution is 7.99. The second-order valence-corrected chi connectivity index (χ2v) is 7.53. The first kappa shape index (κ1) is 19.8. The lowest BCUT2D eigenvalue weighted by molar-refractivity contribution is 0.0530. The van der Waals surface area contributed by atoms with Gasteiger partial charge >= 0.3 is 5.97 Å². The fourth-order valence-electron chi connectivity index (χ4n) is 2.94. The van der Waals surface area contributed by atoms with E-state index in [1.54, 1.807) is 24.5 Å². The van der Waals surface area contributed by atoms with Crippen LogP contribution in [0.5, 0.6) is 0 Å². The first-order valence-electron chi connectivity index (χ1n) is 9.54. The van der Waals surface area contributed by atoms with E-state index in [0.29, 0.717) is 24.5 Å². The minimum Gasteiger partial charge on any atom is -0.461 e. The molecule has 0 saturated heterocycles. The lowest BCUT2D eigenvalue weighted by Crippen LogP contribution is -2.09. The molecular formula is C23H20N4O2S. The molecule has 0 amide bonds. The monoisotopic (exact) mass is 416 g/mol. The standard InChI is InChI=1S/C23H20N4O2S/c28-22(19-10-5-2-6-11-19)29-14-15-30-23-26-25-21(20-12-7-13-24-16-20)27(23)17-18-8-3-1-4-9-18/h1-13,16H,14-15,17H2. The van der Waals surface area contributed by atoms with E-state index in [9.17, 15) is 4.79 Å². The van der Waals surface area contributed by atoms with Crippen LogP contribution in [0.3, 0.4) is 0 Å². The van der Waals surface area contributed by atoms with Crippen molar-refractivity contribution in [1.82, 2.24) is 19.7 Å². The molecule has 30 heavy (non-hydrogen) atoms. The molecule has 150 valence electrons. The summed E-state index contributed by atoms with van der Waals surface area (Å²) in [5, 5.41) is 9.53. The predicted octanol–water partition coefficient (Wildman–Crippen LogP) is 4.34. The van der Waals surface area contributed by atoms with Crippen molar-refractivity contribution < 1.29 is 9.53 Å². The molecule has 0 fully saturated rings. The topological polar surface area (TPSA) is 69.9 Å². The Morgan fingerprint density at radius 2 is 1.70 bits per heavy atom. The van der Waals surface area contributed by atoms with Gasteiger partial charge in [-0.15, -0.1) is 10.2 Å². The van der Waals surface area contributed by atoms with Gasteiger partial charge in [0.05, 0.1) is 12.1 Å². The van der Waals surface area contributed by atoms with Crippen LogP contribution in [0, 0.1) is 0 Å². The quantitative estimate of drug-likeness (QED) is 0.242. The molecule has 0 bridgehead atoms. The molecule has 2 aromatic heterocycles. The lowest BCUT2D eigenvalue weighted by atomic mass is 10.2. The van der Waals surface area contributed by atoms with Crippen LogP contribution >= 0.6 is 11.8 Å². The highest BCUT2D eigenvalue weighted by Gasteiger charge is 2.15. The number of hydrogen-bond donors (Lipinski definition) is 0. The summed E-state index contributed by atoms with van der Waals surface area (Å²) < 4.78 is 7.44. The molecule has 0 N–H and O–H groups in total. The van der Waals surface area contributed by atoms with Gasteiger partial charge in [0, 0.05) is 23.7 Å². The van der Waals surface area contributed by atoms with Gasteiger partial charge in [-0.1, -0.05) is 60.3 Å². The van der Waals surface area contributed by atoms with E-state index < -0.39 is 0 Å². The average molecular weight is 417 g/mol. The molecule has 0 radical (unpaired) electrons. The Bertz CT molecular complexity index is 1090. The Morgan fingerprint density at radius 3 is 2.43 bits per heavy atom. The van der Waals surface area contributed by atoms with Gasteiger partial charge in [-0.05, 0) is 29.8 Å². The Hall–Kier alpha value is -3.45. The predicted molar refractivity (Wildman–Crippen MR) is 116 cm³/mol. The summed E-state index contributed by atoms with van der Waals surface area (Å²) in [5.41, 5.74) is 2.61. The van der Waals surface area contributed by atoms with E-state index in [4.69, 9.17) is 4.74 Å². The zero-order valence-electron chi connectivity index (χ0n) is 16.2. The molecule has 0 spiro atoms. The van der Waals surface area contributed by atoms with Crippen LogP contribution in [0.2, 0.25) is 0 Å². The van der Waals surface area contributed by atoms with E-state index in [0.717, 1.165) is 22.1 Å². The maximum atomic E-state index is 12.1. The number of hydrogen-bond acceptors (Lipinski definition) is 6. The van der Waals surface area contributed by atoms with E-state index in [1.165, 1.54) is 11.8 Å². The number of thioether (sulfide) groups is 1. The summed E-state index contributed by atoms with van der Waals surface area (Å²) in [4.78, 5) is 16.3. The third kappa shape index (κ3) is 4.93. The summed E-state index contributed by atoms with van der Waals surface area (Å²) in [6, 6.07) is 23.0. The number of ether oxygens (including phenoxy) is 1. The smallest absolute Gasteiger partial charge is 0.338 e. The van der Waals surface area contributed by atoms with Crippen molar-refractivity contribution in [3.63, 3.8) is 0 Å². The van der Waals surface area contributed by atoms with Gasteiger partial charge < -0.3 is 4.74 Å². The third-order valence-electron chi connectivity index (χ3n) is 4.38. The number of esters is 1. The van der Waals surface area contributed by atoms with Gasteiger partial charge in [0.15, 0.2) is 11.0 Å². The summed E-state index contributed by atoms with van der Waals surface area (Å²) in [6.45, 7) is 0.934. The number of aromatic nitrogens is 4. The van der Waals surface area contributed by atoms with Gasteiger partial charge in [-0.25, -0.2) is 4.79 Å². The highest BCUT2D eigenvalue weighted by atomic mass is 32.2. The number of carbonyl (C=O) groups is 1. The van der Waals surface area contributed by atoms with Gasteiger partial charge in [0.25, 0.3) is 0 Å². The van der Waals surface area contributed by atoms with Crippen molar-refractivity contribution >= 4 is 17.7 Å². The summed E-state index contributed by atoms with van der Waals surface area (Å²) in [7, 11) is 0. The maximum absolute atomic E-state index is 12.1. The van der Waals surface area contributed by atoms with E-state index in [1.807, 2.05) is 48.5 Å². The van der Waals surface area contributed by atoms with Crippen LogP contribution < -0.4 is 0 Å². The van der Waals surface area contributed by atoms with Crippen LogP contribution in [0.1, 0.15) is 15.9 Å². The Balaban J connectivity index is 1.46. The molecule has 4 rings (SSSR count). The second-order valence-electron chi connectivity index (χ2n) is 6.47. The Kier molecular flexibility index (Phi) is 6.51. The van der Waals surface area contributed by atoms with Crippen molar-refractivity contribution in [2.75, 3.05) is 12.4 Å². The van der Waals surface area contributed by atoms with E-state index in [-0.39, 0.29) is 5.97 Å². The van der Waals surface area contributed by atoms with Crippen molar-refractivity contribution in [3.05, 3.63) is 96.3 Å². The summed E-state index contributed by atoms with van der Waals surface area (Å²) in [5.74, 6) is 1.02. The number of pyridine rings is 1. The zero-order chi connectivity index (χ0) is 20.6. The molecule has 0 aliphatic heterocycles. The molecule has 0 saturated carbocycles. The van der Waals surface area contributed by atoms with Crippen molar-refractivity contribution in [1.29, 1.82) is 0 Å². The van der Waals surface area contributed by atoms with Gasteiger partial charge in [0.1, 0.15) is 6.61 Å². The number of rotatable bonds is 8. The molecular weight excluding hydrogens is 396 g/mol. The molecule has 0 atom stereocenters. The molecule has 4 aromatic rings. The molecule has 0 aliphatic carbocycles.